The van der Waals surface area contributed by atoms with Gasteiger partial charge in [0.1, 0.15) is 10.7 Å². The Balaban J connectivity index is 1.59. The lowest BCUT2D eigenvalue weighted by Crippen LogP contribution is -2.51. The highest BCUT2D eigenvalue weighted by molar-refractivity contribution is 7.13. The van der Waals surface area contributed by atoms with Crippen LogP contribution in [-0.4, -0.2) is 78.3 Å². The van der Waals surface area contributed by atoms with Gasteiger partial charge in [0.2, 0.25) is 5.91 Å². The monoisotopic (exact) mass is 392 g/mol. The molecule has 2 heterocycles. The Morgan fingerprint density at radius 2 is 1.81 bits per heavy atom. The Hall–Kier alpha value is -1.96. The second-order valence-corrected chi connectivity index (χ2v) is 7.70. The molecule has 1 aliphatic heterocycles. The Morgan fingerprint density at radius 3 is 2.42 bits per heavy atom. The van der Waals surface area contributed by atoms with Crippen LogP contribution in [0.25, 0.3) is 10.6 Å². The van der Waals surface area contributed by atoms with Crippen LogP contribution < -0.4 is 0 Å². The fraction of sp³-hybridized carbons (Fsp3) is 0.389. The van der Waals surface area contributed by atoms with Gasteiger partial charge in [-0.3, -0.25) is 14.5 Å². The Bertz CT molecular complexity index is 783. The summed E-state index contributed by atoms with van der Waals surface area (Å²) in [6.07, 6.45) is 0. The first-order valence-corrected chi connectivity index (χ1v) is 9.63. The van der Waals surface area contributed by atoms with Gasteiger partial charge in [0, 0.05) is 56.2 Å². The maximum atomic E-state index is 12.7. The van der Waals surface area contributed by atoms with E-state index in [1.165, 1.54) is 11.3 Å². The van der Waals surface area contributed by atoms with Gasteiger partial charge in [0.15, 0.2) is 0 Å². The first-order valence-electron chi connectivity index (χ1n) is 8.37. The number of nitrogens with zero attached hydrogens (tertiary/aromatic N) is 4. The zero-order valence-corrected chi connectivity index (χ0v) is 16.4. The van der Waals surface area contributed by atoms with Gasteiger partial charge in [0.25, 0.3) is 5.91 Å². The maximum Gasteiger partial charge on any atom is 0.273 e. The number of carbonyl (C=O) groups excluding carboxylic acids is 2. The van der Waals surface area contributed by atoms with Crippen molar-refractivity contribution in [2.75, 3.05) is 46.8 Å². The van der Waals surface area contributed by atoms with Crippen molar-refractivity contribution in [1.82, 2.24) is 19.7 Å². The van der Waals surface area contributed by atoms with Crippen LogP contribution in [0.3, 0.4) is 0 Å². The van der Waals surface area contributed by atoms with Crippen LogP contribution in [0.15, 0.2) is 29.6 Å². The average molecular weight is 393 g/mol. The summed E-state index contributed by atoms with van der Waals surface area (Å²) in [7, 11) is 3.51. The minimum Gasteiger partial charge on any atom is -0.348 e. The number of aromatic nitrogens is 1. The predicted molar refractivity (Wildman–Crippen MR) is 104 cm³/mol. The molecular formula is C18H21ClN4O2S. The molecule has 0 unspecified atom stereocenters. The molecule has 0 bridgehead atoms. The quantitative estimate of drug-likeness (QED) is 0.801. The lowest BCUT2D eigenvalue weighted by Gasteiger charge is -2.34. The van der Waals surface area contributed by atoms with Crippen molar-refractivity contribution in [1.29, 1.82) is 0 Å². The second-order valence-electron chi connectivity index (χ2n) is 6.40. The van der Waals surface area contributed by atoms with E-state index in [2.05, 4.69) is 9.88 Å². The molecule has 0 atom stereocenters. The molecule has 1 aliphatic rings. The van der Waals surface area contributed by atoms with Crippen LogP contribution in [0.4, 0.5) is 0 Å². The molecule has 0 saturated carbocycles. The number of amides is 2. The summed E-state index contributed by atoms with van der Waals surface area (Å²) in [5.74, 6) is 0.0249. The Labute approximate surface area is 162 Å². The molecule has 8 heteroatoms. The SMILES string of the molecule is CN(C)C(=O)CN1CCN(C(=O)c2csc(-c3ccc(Cl)cc3)n2)CC1. The number of rotatable bonds is 4. The molecule has 1 fully saturated rings. The van der Waals surface area contributed by atoms with Crippen LogP contribution >= 0.6 is 22.9 Å². The molecule has 138 valence electrons. The van der Waals surface area contributed by atoms with E-state index in [9.17, 15) is 9.59 Å². The van der Waals surface area contributed by atoms with E-state index < -0.39 is 0 Å². The molecule has 1 aromatic carbocycles. The third-order valence-electron chi connectivity index (χ3n) is 4.33. The van der Waals surface area contributed by atoms with Crippen molar-refractivity contribution in [2.24, 2.45) is 0 Å². The number of hydrogen-bond acceptors (Lipinski definition) is 5. The van der Waals surface area contributed by atoms with Crippen LogP contribution in [0.5, 0.6) is 0 Å². The molecule has 2 amide bonds. The van der Waals surface area contributed by atoms with Crippen molar-refractivity contribution in [2.45, 2.75) is 0 Å². The maximum absolute atomic E-state index is 12.7. The fourth-order valence-corrected chi connectivity index (χ4v) is 3.63. The first kappa shape index (κ1) is 18.8. The van der Waals surface area contributed by atoms with Crippen molar-refractivity contribution in [3.8, 4) is 10.6 Å². The molecule has 26 heavy (non-hydrogen) atoms. The molecule has 0 spiro atoms. The third kappa shape index (κ3) is 4.41. The van der Waals surface area contributed by atoms with E-state index >= 15 is 0 Å². The highest BCUT2D eigenvalue weighted by Crippen LogP contribution is 2.25. The van der Waals surface area contributed by atoms with Crippen molar-refractivity contribution in [3.05, 3.63) is 40.4 Å². The molecular weight excluding hydrogens is 372 g/mol. The highest BCUT2D eigenvalue weighted by atomic mass is 35.5. The van der Waals surface area contributed by atoms with Crippen LogP contribution in [-0.2, 0) is 4.79 Å². The molecule has 3 rings (SSSR count). The van der Waals surface area contributed by atoms with Crippen LogP contribution in [0, 0.1) is 0 Å². The largest absolute Gasteiger partial charge is 0.348 e. The standard InChI is InChI=1S/C18H21ClN4O2S/c1-21(2)16(24)11-22-7-9-23(10-8-22)18(25)15-12-26-17(20-15)13-3-5-14(19)6-4-13/h3-6,12H,7-11H2,1-2H3. The number of piperazine rings is 1. The summed E-state index contributed by atoms with van der Waals surface area (Å²) in [5.41, 5.74) is 1.42. The van der Waals surface area contributed by atoms with E-state index in [1.807, 2.05) is 24.3 Å². The molecule has 0 radical (unpaired) electrons. The van der Waals surface area contributed by atoms with E-state index in [1.54, 1.807) is 29.3 Å². The number of halogens is 1. The van der Waals surface area contributed by atoms with Gasteiger partial charge in [-0.05, 0) is 12.1 Å². The minimum atomic E-state index is -0.0555. The van der Waals surface area contributed by atoms with Gasteiger partial charge in [-0.15, -0.1) is 11.3 Å². The fourth-order valence-electron chi connectivity index (χ4n) is 2.70. The van der Waals surface area contributed by atoms with Gasteiger partial charge in [0.05, 0.1) is 6.54 Å². The highest BCUT2D eigenvalue weighted by Gasteiger charge is 2.25. The van der Waals surface area contributed by atoms with E-state index in [-0.39, 0.29) is 11.8 Å². The number of carbonyl (C=O) groups is 2. The van der Waals surface area contributed by atoms with Gasteiger partial charge in [-0.25, -0.2) is 4.98 Å². The van der Waals surface area contributed by atoms with E-state index in [0.717, 1.165) is 10.6 Å². The summed E-state index contributed by atoms with van der Waals surface area (Å²) < 4.78 is 0. The molecule has 2 aromatic rings. The Kier molecular flexibility index (Phi) is 5.90. The zero-order valence-electron chi connectivity index (χ0n) is 14.8. The van der Waals surface area contributed by atoms with Gasteiger partial charge < -0.3 is 9.80 Å². The average Bonchev–Trinajstić information content (AvgIpc) is 3.12. The summed E-state index contributed by atoms with van der Waals surface area (Å²) >= 11 is 7.36. The number of thiazole rings is 1. The van der Waals surface area contributed by atoms with E-state index in [0.29, 0.717) is 43.4 Å². The first-order chi connectivity index (χ1) is 12.4. The van der Waals surface area contributed by atoms with Crippen LogP contribution in [0.2, 0.25) is 5.02 Å². The van der Waals surface area contributed by atoms with Crippen LogP contribution in [0.1, 0.15) is 10.5 Å². The van der Waals surface area contributed by atoms with E-state index in [4.69, 9.17) is 11.6 Å². The third-order valence-corrected chi connectivity index (χ3v) is 5.47. The molecule has 6 nitrogen and oxygen atoms in total. The molecule has 1 saturated heterocycles. The molecule has 1 aromatic heterocycles. The van der Waals surface area contributed by atoms with Crippen molar-refractivity contribution >= 4 is 34.8 Å². The summed E-state index contributed by atoms with van der Waals surface area (Å²) in [6, 6.07) is 7.42. The predicted octanol–water partition coefficient (Wildman–Crippen LogP) is 2.31. The molecule has 0 aliphatic carbocycles. The summed E-state index contributed by atoms with van der Waals surface area (Å²) in [4.78, 5) is 34.4. The normalized spacial score (nSPS) is 15.1. The van der Waals surface area contributed by atoms with Gasteiger partial charge in [-0.2, -0.15) is 0 Å². The van der Waals surface area contributed by atoms with Crippen molar-refractivity contribution < 1.29 is 9.59 Å². The minimum absolute atomic E-state index is 0.0555. The topological polar surface area (TPSA) is 56.8 Å². The summed E-state index contributed by atoms with van der Waals surface area (Å²) in [6.45, 7) is 2.99. The lowest BCUT2D eigenvalue weighted by atomic mass is 10.2. The van der Waals surface area contributed by atoms with Gasteiger partial charge >= 0.3 is 0 Å². The van der Waals surface area contributed by atoms with Gasteiger partial charge in [-0.1, -0.05) is 23.7 Å². The second kappa shape index (κ2) is 8.16. The number of hydrogen-bond donors (Lipinski definition) is 0. The zero-order chi connectivity index (χ0) is 18.7. The smallest absolute Gasteiger partial charge is 0.273 e. The molecule has 0 N–H and O–H groups in total. The number of likely N-dealkylation sites (N-methyl/N-ethyl adjacent to an activating group) is 1. The lowest BCUT2D eigenvalue weighted by molar-refractivity contribution is -0.130. The number of benzene rings is 1. The Morgan fingerprint density at radius 1 is 1.15 bits per heavy atom. The summed E-state index contributed by atoms with van der Waals surface area (Å²) in [5, 5.41) is 3.28. The van der Waals surface area contributed by atoms with Crippen molar-refractivity contribution in [3.63, 3.8) is 0 Å².